The molecule has 1 heterocycles. The Labute approximate surface area is 107 Å². The second kappa shape index (κ2) is 5.19. The Hall–Kier alpha value is 1.39. The van der Waals surface area contributed by atoms with Crippen LogP contribution < -0.4 is 51.4 Å². The van der Waals surface area contributed by atoms with Gasteiger partial charge in [-0.3, -0.25) is 0 Å². The summed E-state index contributed by atoms with van der Waals surface area (Å²) < 4.78 is 35.0. The van der Waals surface area contributed by atoms with Gasteiger partial charge < -0.3 is 11.3 Å². The van der Waals surface area contributed by atoms with Crippen LogP contribution in [0.25, 0.3) is 0 Å². The molecule has 0 spiro atoms. The molecule has 1 aliphatic rings. The van der Waals surface area contributed by atoms with E-state index in [0.29, 0.717) is 13.1 Å². The van der Waals surface area contributed by atoms with Crippen LogP contribution in [-0.2, 0) is 0 Å². The third-order valence-electron chi connectivity index (χ3n) is 1.44. The van der Waals surface area contributed by atoms with Crippen molar-refractivity contribution in [2.75, 3.05) is 19.6 Å². The Kier molecular flexibility index (Phi) is 5.84. The molecule has 1 fully saturated rings. The van der Waals surface area contributed by atoms with Crippen molar-refractivity contribution >= 4 is 0 Å². The minimum atomic E-state index is -4.03. The molecule has 11 heavy (non-hydrogen) atoms. The molecule has 0 aromatic heterocycles. The van der Waals surface area contributed by atoms with Crippen molar-refractivity contribution in [1.82, 2.24) is 4.90 Å². The van der Waals surface area contributed by atoms with Gasteiger partial charge in [0.15, 0.2) is 0 Å². The molecule has 0 aromatic carbocycles. The van der Waals surface area contributed by atoms with Crippen LogP contribution >= 0.6 is 0 Å². The third kappa shape index (κ3) is 5.60. The molecule has 0 aliphatic carbocycles. The molecule has 1 saturated heterocycles. The second-order valence-corrected chi connectivity index (χ2v) is 2.43. The second-order valence-electron chi connectivity index (χ2n) is 2.43. The summed E-state index contributed by atoms with van der Waals surface area (Å²) in [7, 11) is 0. The number of nitrogens with zero attached hydrogens (tertiary/aromatic N) is 1. The Bertz CT molecular complexity index is 109. The van der Waals surface area contributed by atoms with E-state index in [9.17, 15) is 13.2 Å². The molecule has 60 valence electrons. The Morgan fingerprint density at radius 1 is 1.36 bits per heavy atom. The molecule has 0 unspecified atom stereocenters. The number of halogens is 3. The van der Waals surface area contributed by atoms with Gasteiger partial charge in [0.25, 0.3) is 0 Å². The van der Waals surface area contributed by atoms with E-state index in [1.54, 1.807) is 0 Å². The van der Waals surface area contributed by atoms with Crippen LogP contribution in [0.1, 0.15) is 6.42 Å². The molecule has 1 rings (SSSR count). The van der Waals surface area contributed by atoms with E-state index in [-0.39, 0.29) is 51.4 Å². The summed E-state index contributed by atoms with van der Waals surface area (Å²) in [6.07, 6.45) is -1.37. The van der Waals surface area contributed by atoms with Gasteiger partial charge in [0.1, 0.15) is 0 Å². The summed E-state index contributed by atoms with van der Waals surface area (Å²) in [5.74, 6) is 0. The molecule has 0 amide bonds. The number of alkyl halides is 3. The fourth-order valence-electron chi connectivity index (χ4n) is 1.04. The zero-order chi connectivity index (χ0) is 7.61. The van der Waals surface area contributed by atoms with Crippen LogP contribution in [0.5, 0.6) is 0 Å². The summed E-state index contributed by atoms with van der Waals surface area (Å²) >= 11 is 0. The van der Waals surface area contributed by atoms with E-state index >= 15 is 0 Å². The Morgan fingerprint density at radius 3 is 2.36 bits per heavy atom. The molecule has 0 radical (unpaired) electrons. The average Bonchev–Trinajstić information content (AvgIpc) is 2.12. The standard InChI is InChI=1S/C6H9F3N.K/c7-6(8,9)5-10-3-1-2-4-10;/h1H,2-5H2;/q-1;+1. The van der Waals surface area contributed by atoms with Gasteiger partial charge >= 0.3 is 57.6 Å². The quantitative estimate of drug-likeness (QED) is 0.359. The maximum absolute atomic E-state index is 11.7. The number of likely N-dealkylation sites (tertiary alicyclic amines) is 1. The van der Waals surface area contributed by atoms with Gasteiger partial charge in [0, 0.05) is 0 Å². The van der Waals surface area contributed by atoms with E-state index in [1.165, 1.54) is 4.90 Å². The minimum Gasteiger partial charge on any atom is -0.327 e. The fraction of sp³-hybridized carbons (Fsp3) is 0.833. The van der Waals surface area contributed by atoms with E-state index < -0.39 is 12.7 Å². The monoisotopic (exact) mass is 191 g/mol. The van der Waals surface area contributed by atoms with Crippen molar-refractivity contribution in [3.05, 3.63) is 6.42 Å². The number of hydrogen-bond acceptors (Lipinski definition) is 1. The van der Waals surface area contributed by atoms with Gasteiger partial charge in [-0.2, -0.15) is 19.6 Å². The van der Waals surface area contributed by atoms with E-state index in [1.807, 2.05) is 6.42 Å². The SMILES string of the molecule is FC(F)(F)CN1C[CH-]CC1.[K+]. The van der Waals surface area contributed by atoms with Gasteiger partial charge in [-0.15, -0.1) is 6.54 Å². The molecule has 0 aromatic rings. The van der Waals surface area contributed by atoms with Crippen molar-refractivity contribution in [2.24, 2.45) is 0 Å². The Morgan fingerprint density at radius 2 is 2.00 bits per heavy atom. The summed E-state index contributed by atoms with van der Waals surface area (Å²) in [6.45, 7) is 0.280. The molecule has 0 saturated carbocycles. The smallest absolute Gasteiger partial charge is 0.327 e. The van der Waals surface area contributed by atoms with Crippen molar-refractivity contribution < 1.29 is 64.6 Å². The van der Waals surface area contributed by atoms with Crippen molar-refractivity contribution in [3.8, 4) is 0 Å². The molecule has 0 N–H and O–H groups in total. The first-order valence-corrected chi connectivity index (χ1v) is 3.19. The van der Waals surface area contributed by atoms with Crippen LogP contribution in [0.3, 0.4) is 0 Å². The molecule has 1 nitrogen and oxygen atoms in total. The zero-order valence-corrected chi connectivity index (χ0v) is 9.61. The maximum atomic E-state index is 11.7. The molecule has 0 atom stereocenters. The van der Waals surface area contributed by atoms with Crippen molar-refractivity contribution in [2.45, 2.75) is 12.6 Å². The number of hydrogen-bond donors (Lipinski definition) is 0. The summed E-state index contributed by atoms with van der Waals surface area (Å²) in [5, 5.41) is 0. The third-order valence-corrected chi connectivity index (χ3v) is 1.44. The van der Waals surface area contributed by atoms with Gasteiger partial charge in [-0.1, -0.05) is 0 Å². The molecule has 5 heteroatoms. The first-order chi connectivity index (χ1) is 4.58. The van der Waals surface area contributed by atoms with Crippen LogP contribution in [0.2, 0.25) is 0 Å². The van der Waals surface area contributed by atoms with Crippen LogP contribution in [0.15, 0.2) is 0 Å². The first kappa shape index (κ1) is 12.4. The van der Waals surface area contributed by atoms with Gasteiger partial charge in [0.2, 0.25) is 0 Å². The Balaban J connectivity index is 0.000001000. The summed E-state index contributed by atoms with van der Waals surface area (Å²) in [6, 6.07) is 0. The first-order valence-electron chi connectivity index (χ1n) is 3.19. The van der Waals surface area contributed by atoms with Crippen LogP contribution in [0, 0.1) is 6.42 Å². The van der Waals surface area contributed by atoms with E-state index in [4.69, 9.17) is 0 Å². The largest absolute Gasteiger partial charge is 1.00 e. The summed E-state index contributed by atoms with van der Waals surface area (Å²) in [5.41, 5.74) is 0. The van der Waals surface area contributed by atoms with Gasteiger partial charge in [-0.05, 0) is 6.54 Å². The van der Waals surface area contributed by atoms with Crippen molar-refractivity contribution in [1.29, 1.82) is 0 Å². The molecular weight excluding hydrogens is 182 g/mol. The van der Waals surface area contributed by atoms with Gasteiger partial charge in [-0.25, -0.2) is 0 Å². The fourth-order valence-corrected chi connectivity index (χ4v) is 1.04. The minimum absolute atomic E-state index is 0. The van der Waals surface area contributed by atoms with Crippen LogP contribution in [-0.4, -0.2) is 30.7 Å². The zero-order valence-electron chi connectivity index (χ0n) is 6.49. The topological polar surface area (TPSA) is 3.24 Å². The number of rotatable bonds is 1. The van der Waals surface area contributed by atoms with E-state index in [0.717, 1.165) is 6.42 Å². The normalized spacial score (nSPS) is 19.9. The van der Waals surface area contributed by atoms with Gasteiger partial charge in [0.05, 0.1) is 6.54 Å². The molecule has 1 aliphatic heterocycles. The van der Waals surface area contributed by atoms with Crippen molar-refractivity contribution in [3.63, 3.8) is 0 Å². The predicted molar refractivity (Wildman–Crippen MR) is 31.4 cm³/mol. The molecular formula is C6H9F3KN. The van der Waals surface area contributed by atoms with E-state index in [2.05, 4.69) is 0 Å². The molecule has 0 bridgehead atoms. The average molecular weight is 191 g/mol. The van der Waals surface area contributed by atoms with Crippen LogP contribution in [0.4, 0.5) is 13.2 Å². The summed E-state index contributed by atoms with van der Waals surface area (Å²) in [4.78, 5) is 1.39. The maximum Gasteiger partial charge on any atom is 1.00 e. The predicted octanol–water partition coefficient (Wildman–Crippen LogP) is -1.54.